The monoisotopic (exact) mass is 268 g/mol. The van der Waals surface area contributed by atoms with Crippen LogP contribution in [-0.4, -0.2) is 59.1 Å². The van der Waals surface area contributed by atoms with Gasteiger partial charge < -0.3 is 10.0 Å². The number of carboxylic acids is 1. The van der Waals surface area contributed by atoms with Crippen molar-refractivity contribution in [2.24, 2.45) is 0 Å². The Hall–Kier alpha value is -0.610. The number of hydrogen-bond donors (Lipinski definition) is 1. The second-order valence-electron chi connectivity index (χ2n) is 6.44. The van der Waals surface area contributed by atoms with Gasteiger partial charge in [-0.05, 0) is 65.6 Å². The number of likely N-dealkylation sites (tertiary alicyclic amines) is 2. The molecule has 19 heavy (non-hydrogen) atoms. The third-order valence-corrected chi connectivity index (χ3v) is 5.15. The molecule has 2 aliphatic rings. The van der Waals surface area contributed by atoms with E-state index in [1.807, 2.05) is 6.92 Å². The molecule has 2 rings (SSSR count). The van der Waals surface area contributed by atoms with E-state index in [-0.39, 0.29) is 0 Å². The summed E-state index contributed by atoms with van der Waals surface area (Å²) in [4.78, 5) is 16.2. The second-order valence-corrected chi connectivity index (χ2v) is 6.44. The van der Waals surface area contributed by atoms with Gasteiger partial charge in [0.2, 0.25) is 0 Å². The fraction of sp³-hybridized carbons (Fsp3) is 0.933. The zero-order valence-corrected chi connectivity index (χ0v) is 12.4. The van der Waals surface area contributed by atoms with Crippen LogP contribution >= 0.6 is 0 Å². The molecule has 0 aromatic rings. The van der Waals surface area contributed by atoms with Gasteiger partial charge in [-0.25, -0.2) is 0 Å². The number of carbonyl (C=O) groups is 1. The molecule has 0 aromatic heterocycles. The SMILES string of the molecule is CN1CCCCC1CCN1CCCCC1(C)C(=O)O. The molecule has 0 bridgehead atoms. The van der Waals surface area contributed by atoms with Gasteiger partial charge in [0, 0.05) is 12.6 Å². The number of aliphatic carboxylic acids is 1. The van der Waals surface area contributed by atoms with Crippen LogP contribution in [-0.2, 0) is 4.79 Å². The molecular weight excluding hydrogens is 240 g/mol. The Morgan fingerprint density at radius 2 is 2.00 bits per heavy atom. The Labute approximate surface area is 116 Å². The highest BCUT2D eigenvalue weighted by molar-refractivity contribution is 5.78. The largest absolute Gasteiger partial charge is 0.480 e. The van der Waals surface area contributed by atoms with Gasteiger partial charge >= 0.3 is 5.97 Å². The van der Waals surface area contributed by atoms with Crippen molar-refractivity contribution in [1.82, 2.24) is 9.80 Å². The summed E-state index contributed by atoms with van der Waals surface area (Å²) in [5.74, 6) is -0.649. The summed E-state index contributed by atoms with van der Waals surface area (Å²) in [7, 11) is 2.20. The molecule has 2 heterocycles. The first-order valence-corrected chi connectivity index (χ1v) is 7.73. The zero-order chi connectivity index (χ0) is 13.9. The summed E-state index contributed by atoms with van der Waals surface area (Å²) < 4.78 is 0. The lowest BCUT2D eigenvalue weighted by molar-refractivity contribution is -0.153. The molecule has 2 saturated heterocycles. The van der Waals surface area contributed by atoms with Crippen LogP contribution in [0.15, 0.2) is 0 Å². The normalized spacial score (nSPS) is 34.3. The highest BCUT2D eigenvalue weighted by atomic mass is 16.4. The van der Waals surface area contributed by atoms with E-state index < -0.39 is 11.5 Å². The third-order valence-electron chi connectivity index (χ3n) is 5.15. The Balaban J connectivity index is 1.91. The minimum Gasteiger partial charge on any atom is -0.480 e. The minimum absolute atomic E-state index is 0.633. The molecule has 2 aliphatic heterocycles. The predicted octanol–water partition coefficient (Wildman–Crippen LogP) is 2.19. The van der Waals surface area contributed by atoms with E-state index in [0.29, 0.717) is 6.04 Å². The van der Waals surface area contributed by atoms with Gasteiger partial charge in [-0.2, -0.15) is 0 Å². The van der Waals surface area contributed by atoms with Crippen LogP contribution < -0.4 is 0 Å². The molecule has 4 heteroatoms. The molecule has 1 N–H and O–H groups in total. The maximum absolute atomic E-state index is 11.5. The molecule has 0 aliphatic carbocycles. The Morgan fingerprint density at radius 3 is 2.68 bits per heavy atom. The van der Waals surface area contributed by atoms with E-state index >= 15 is 0 Å². The minimum atomic E-state index is -0.649. The van der Waals surface area contributed by atoms with Gasteiger partial charge in [-0.1, -0.05) is 6.42 Å². The van der Waals surface area contributed by atoms with Gasteiger partial charge in [0.25, 0.3) is 0 Å². The highest BCUT2D eigenvalue weighted by Gasteiger charge is 2.41. The molecule has 110 valence electrons. The van der Waals surface area contributed by atoms with Crippen molar-refractivity contribution in [2.45, 2.75) is 63.5 Å². The van der Waals surface area contributed by atoms with Crippen molar-refractivity contribution < 1.29 is 9.90 Å². The average molecular weight is 268 g/mol. The van der Waals surface area contributed by atoms with Crippen molar-refractivity contribution in [2.75, 3.05) is 26.7 Å². The van der Waals surface area contributed by atoms with E-state index in [9.17, 15) is 9.90 Å². The van der Waals surface area contributed by atoms with Crippen LogP contribution in [0.1, 0.15) is 51.9 Å². The molecule has 0 amide bonds. The Bertz CT molecular complexity index is 321. The summed E-state index contributed by atoms with van der Waals surface area (Å²) in [6.07, 6.45) is 8.00. The topological polar surface area (TPSA) is 43.8 Å². The summed E-state index contributed by atoms with van der Waals surface area (Å²) in [5, 5.41) is 9.50. The molecule has 2 fully saturated rings. The van der Waals surface area contributed by atoms with Gasteiger partial charge in [-0.3, -0.25) is 9.69 Å². The van der Waals surface area contributed by atoms with Crippen LogP contribution in [0.25, 0.3) is 0 Å². The Morgan fingerprint density at radius 1 is 1.26 bits per heavy atom. The van der Waals surface area contributed by atoms with Crippen LogP contribution in [0.2, 0.25) is 0 Å². The highest BCUT2D eigenvalue weighted by Crippen LogP contribution is 2.29. The Kier molecular flexibility index (Phi) is 4.85. The molecular formula is C15H28N2O2. The number of nitrogens with zero attached hydrogens (tertiary/aromatic N) is 2. The number of hydrogen-bond acceptors (Lipinski definition) is 3. The van der Waals surface area contributed by atoms with Crippen LogP contribution in [0, 0.1) is 0 Å². The fourth-order valence-corrected chi connectivity index (χ4v) is 3.59. The molecule has 4 nitrogen and oxygen atoms in total. The fourth-order valence-electron chi connectivity index (χ4n) is 3.59. The third kappa shape index (κ3) is 3.29. The first kappa shape index (κ1) is 14.8. The van der Waals surface area contributed by atoms with Crippen molar-refractivity contribution in [3.8, 4) is 0 Å². The molecule has 2 unspecified atom stereocenters. The molecule has 0 aromatic carbocycles. The van der Waals surface area contributed by atoms with E-state index in [4.69, 9.17) is 0 Å². The van der Waals surface area contributed by atoms with E-state index in [1.54, 1.807) is 0 Å². The van der Waals surface area contributed by atoms with Crippen LogP contribution in [0.3, 0.4) is 0 Å². The van der Waals surface area contributed by atoms with E-state index in [1.165, 1.54) is 25.8 Å². The van der Waals surface area contributed by atoms with E-state index in [2.05, 4.69) is 16.8 Å². The first-order valence-electron chi connectivity index (χ1n) is 7.73. The van der Waals surface area contributed by atoms with Gasteiger partial charge in [0.05, 0.1) is 0 Å². The summed E-state index contributed by atoms with van der Waals surface area (Å²) >= 11 is 0. The van der Waals surface area contributed by atoms with Crippen molar-refractivity contribution >= 4 is 5.97 Å². The summed E-state index contributed by atoms with van der Waals surface area (Å²) in [6, 6.07) is 0.647. The molecule has 2 atom stereocenters. The maximum Gasteiger partial charge on any atom is 0.323 e. The van der Waals surface area contributed by atoms with Crippen LogP contribution in [0.5, 0.6) is 0 Å². The zero-order valence-electron chi connectivity index (χ0n) is 12.4. The molecule has 0 radical (unpaired) electrons. The summed E-state index contributed by atoms with van der Waals surface area (Å²) in [6.45, 7) is 4.97. The first-order chi connectivity index (χ1) is 9.04. The quantitative estimate of drug-likeness (QED) is 0.849. The van der Waals surface area contributed by atoms with Crippen molar-refractivity contribution in [3.63, 3.8) is 0 Å². The lowest BCUT2D eigenvalue weighted by Crippen LogP contribution is -2.56. The molecule has 0 spiro atoms. The van der Waals surface area contributed by atoms with Crippen molar-refractivity contribution in [1.29, 1.82) is 0 Å². The second kappa shape index (κ2) is 6.23. The number of carboxylic acid groups (broad SMARTS) is 1. The smallest absolute Gasteiger partial charge is 0.323 e. The van der Waals surface area contributed by atoms with Crippen molar-refractivity contribution in [3.05, 3.63) is 0 Å². The number of rotatable bonds is 4. The lowest BCUT2D eigenvalue weighted by Gasteiger charge is -2.43. The van der Waals surface area contributed by atoms with Gasteiger partial charge in [0.1, 0.15) is 5.54 Å². The molecule has 0 saturated carbocycles. The van der Waals surface area contributed by atoms with Crippen LogP contribution in [0.4, 0.5) is 0 Å². The maximum atomic E-state index is 11.5. The number of piperidine rings is 2. The van der Waals surface area contributed by atoms with Gasteiger partial charge in [0.15, 0.2) is 0 Å². The lowest BCUT2D eigenvalue weighted by atomic mass is 9.87. The van der Waals surface area contributed by atoms with Gasteiger partial charge in [-0.15, -0.1) is 0 Å². The standard InChI is InChI=1S/C15H28N2O2/c1-15(14(18)19)9-4-6-11-17(15)12-8-13-7-3-5-10-16(13)2/h13H,3-12H2,1-2H3,(H,18,19). The average Bonchev–Trinajstić information content (AvgIpc) is 2.39. The van der Waals surface area contributed by atoms with E-state index in [0.717, 1.165) is 38.8 Å². The summed E-state index contributed by atoms with van der Waals surface area (Å²) in [5.41, 5.74) is -0.633. The predicted molar refractivity (Wildman–Crippen MR) is 76.4 cm³/mol.